The van der Waals surface area contributed by atoms with Crippen LogP contribution in [0.4, 0.5) is 18.0 Å². The van der Waals surface area contributed by atoms with Gasteiger partial charge in [-0.2, -0.15) is 13.2 Å². The van der Waals surface area contributed by atoms with Gasteiger partial charge in [0.15, 0.2) is 0 Å². The van der Waals surface area contributed by atoms with Gasteiger partial charge in [-0.1, -0.05) is 42.5 Å². The number of carbonyl (C=O) groups excluding carboxylic acids is 2. The van der Waals surface area contributed by atoms with E-state index < -0.39 is 35.8 Å². The van der Waals surface area contributed by atoms with E-state index in [0.717, 1.165) is 22.1 Å². The average Bonchev–Trinajstić information content (AvgIpc) is 3.09. The van der Waals surface area contributed by atoms with Gasteiger partial charge in [-0.05, 0) is 35.6 Å². The highest BCUT2D eigenvalue weighted by molar-refractivity contribution is 6.08. The number of fused-ring (bicyclic) bond motifs is 2. The molecule has 1 heterocycles. The number of aryl methyl sites for hydroxylation is 1. The first-order chi connectivity index (χ1) is 12.3. The maximum Gasteiger partial charge on any atom is 0.416 e. The summed E-state index contributed by atoms with van der Waals surface area (Å²) in [5.74, 6) is -0.496. The second-order valence-corrected chi connectivity index (χ2v) is 6.54. The predicted molar refractivity (Wildman–Crippen MR) is 87.0 cm³/mol. The van der Waals surface area contributed by atoms with Crippen LogP contribution in [0.25, 0.3) is 0 Å². The Morgan fingerprint density at radius 2 is 1.73 bits per heavy atom. The van der Waals surface area contributed by atoms with Crippen LogP contribution in [-0.4, -0.2) is 16.8 Å². The van der Waals surface area contributed by atoms with Gasteiger partial charge in [-0.3, -0.25) is 9.69 Å². The van der Waals surface area contributed by atoms with Crippen LogP contribution in [0.15, 0.2) is 48.5 Å². The van der Waals surface area contributed by atoms with Crippen molar-refractivity contribution in [2.45, 2.75) is 31.1 Å². The molecule has 1 spiro atoms. The van der Waals surface area contributed by atoms with Crippen LogP contribution >= 0.6 is 0 Å². The monoisotopic (exact) mass is 360 g/mol. The molecule has 26 heavy (non-hydrogen) atoms. The van der Waals surface area contributed by atoms with Crippen molar-refractivity contribution in [1.29, 1.82) is 0 Å². The van der Waals surface area contributed by atoms with Crippen molar-refractivity contribution in [3.63, 3.8) is 0 Å². The summed E-state index contributed by atoms with van der Waals surface area (Å²) >= 11 is 0. The number of rotatable bonds is 2. The summed E-state index contributed by atoms with van der Waals surface area (Å²) in [7, 11) is 0. The molecule has 0 bridgehead atoms. The Balaban J connectivity index is 1.69. The lowest BCUT2D eigenvalue weighted by Gasteiger charge is -2.22. The molecule has 1 fully saturated rings. The SMILES string of the molecule is O=C1N[C@@]2(CCc3ccccc32)C(=O)N1Cc1ccccc1C(F)(F)F. The number of nitrogens with zero attached hydrogens (tertiary/aromatic N) is 1. The van der Waals surface area contributed by atoms with Crippen LogP contribution in [0, 0.1) is 0 Å². The number of carbonyl (C=O) groups is 2. The van der Waals surface area contributed by atoms with Crippen molar-refractivity contribution in [1.82, 2.24) is 10.2 Å². The lowest BCUT2D eigenvalue weighted by atomic mass is 9.91. The van der Waals surface area contributed by atoms with Gasteiger partial charge in [0.05, 0.1) is 12.1 Å². The van der Waals surface area contributed by atoms with E-state index in [2.05, 4.69) is 5.32 Å². The Labute approximate surface area is 147 Å². The molecule has 4 rings (SSSR count). The van der Waals surface area contributed by atoms with Crippen LogP contribution < -0.4 is 5.32 Å². The minimum absolute atomic E-state index is 0.105. The third-order valence-corrected chi connectivity index (χ3v) is 5.07. The molecule has 0 saturated carbocycles. The molecular formula is C19H15F3N2O2. The number of imide groups is 1. The molecular weight excluding hydrogens is 345 g/mol. The largest absolute Gasteiger partial charge is 0.416 e. The number of urea groups is 1. The second kappa shape index (κ2) is 5.59. The maximum absolute atomic E-state index is 13.2. The molecule has 0 radical (unpaired) electrons. The van der Waals surface area contributed by atoms with E-state index in [1.165, 1.54) is 18.2 Å². The number of nitrogens with one attached hydrogen (secondary N) is 1. The lowest BCUT2D eigenvalue weighted by Crippen LogP contribution is -2.41. The molecule has 1 aliphatic heterocycles. The molecule has 0 aromatic heterocycles. The number of halogens is 3. The first-order valence-electron chi connectivity index (χ1n) is 8.20. The Bertz CT molecular complexity index is 910. The first-order valence-corrected chi connectivity index (χ1v) is 8.20. The summed E-state index contributed by atoms with van der Waals surface area (Å²) in [6.45, 7) is -0.412. The molecule has 4 nitrogen and oxygen atoms in total. The van der Waals surface area contributed by atoms with Crippen molar-refractivity contribution in [3.8, 4) is 0 Å². The Morgan fingerprint density at radius 3 is 2.50 bits per heavy atom. The smallest absolute Gasteiger partial charge is 0.319 e. The zero-order chi connectivity index (χ0) is 18.5. The number of benzene rings is 2. The summed E-state index contributed by atoms with van der Waals surface area (Å²) < 4.78 is 39.6. The number of amides is 3. The highest BCUT2D eigenvalue weighted by atomic mass is 19.4. The van der Waals surface area contributed by atoms with E-state index in [9.17, 15) is 22.8 Å². The van der Waals surface area contributed by atoms with Gasteiger partial charge in [0.1, 0.15) is 5.54 Å². The van der Waals surface area contributed by atoms with Crippen molar-refractivity contribution >= 4 is 11.9 Å². The third kappa shape index (κ3) is 2.38. The van der Waals surface area contributed by atoms with E-state index in [1.54, 1.807) is 12.1 Å². The molecule has 1 atom stereocenters. The predicted octanol–water partition coefficient (Wildman–Crippen LogP) is 3.60. The number of hydrogen-bond acceptors (Lipinski definition) is 2. The first kappa shape index (κ1) is 16.6. The van der Waals surface area contributed by atoms with E-state index in [0.29, 0.717) is 12.8 Å². The van der Waals surface area contributed by atoms with E-state index >= 15 is 0 Å². The zero-order valence-electron chi connectivity index (χ0n) is 13.6. The highest BCUT2D eigenvalue weighted by Crippen LogP contribution is 2.42. The molecule has 1 aliphatic carbocycles. The normalized spacial score (nSPS) is 22.0. The van der Waals surface area contributed by atoms with E-state index in [1.807, 2.05) is 12.1 Å². The topological polar surface area (TPSA) is 49.4 Å². The molecule has 1 saturated heterocycles. The molecule has 3 amide bonds. The Kier molecular flexibility index (Phi) is 3.57. The van der Waals surface area contributed by atoms with Gasteiger partial charge in [0.25, 0.3) is 5.91 Å². The summed E-state index contributed by atoms with van der Waals surface area (Å²) in [6, 6.07) is 11.6. The summed E-state index contributed by atoms with van der Waals surface area (Å²) in [5, 5.41) is 2.72. The molecule has 2 aliphatic rings. The molecule has 134 valence electrons. The van der Waals surface area contributed by atoms with Crippen molar-refractivity contribution in [2.24, 2.45) is 0 Å². The fourth-order valence-corrected chi connectivity index (χ4v) is 3.84. The molecule has 2 aromatic carbocycles. The van der Waals surface area contributed by atoms with Gasteiger partial charge >= 0.3 is 12.2 Å². The third-order valence-electron chi connectivity index (χ3n) is 5.07. The maximum atomic E-state index is 13.2. The van der Waals surface area contributed by atoms with Crippen molar-refractivity contribution < 1.29 is 22.8 Å². The van der Waals surface area contributed by atoms with Crippen LogP contribution in [0.3, 0.4) is 0 Å². The second-order valence-electron chi connectivity index (χ2n) is 6.54. The number of alkyl halides is 3. The van der Waals surface area contributed by atoms with Crippen LogP contribution in [0.5, 0.6) is 0 Å². The summed E-state index contributed by atoms with van der Waals surface area (Å²) in [4.78, 5) is 26.3. The van der Waals surface area contributed by atoms with Gasteiger partial charge in [0.2, 0.25) is 0 Å². The summed E-state index contributed by atoms with van der Waals surface area (Å²) in [6.07, 6.45) is -3.50. The molecule has 2 aromatic rings. The van der Waals surface area contributed by atoms with Gasteiger partial charge in [0, 0.05) is 0 Å². The molecule has 1 N–H and O–H groups in total. The Morgan fingerprint density at radius 1 is 1.04 bits per heavy atom. The summed E-state index contributed by atoms with van der Waals surface area (Å²) in [5.41, 5.74) is -0.412. The quantitative estimate of drug-likeness (QED) is 0.832. The van der Waals surface area contributed by atoms with Crippen LogP contribution in [0.1, 0.15) is 28.7 Å². The molecule has 0 unspecified atom stereocenters. The standard InChI is InChI=1S/C19H15F3N2O2/c20-19(21,22)15-8-4-2-6-13(15)11-24-16(25)18(23-17(24)26)10-9-12-5-1-3-7-14(12)18/h1-8H,9-11H2,(H,23,26)/t18-/m1/s1. The fraction of sp³-hybridized carbons (Fsp3) is 0.263. The van der Waals surface area contributed by atoms with Gasteiger partial charge in [-0.15, -0.1) is 0 Å². The number of hydrogen-bond donors (Lipinski definition) is 1. The van der Waals surface area contributed by atoms with Crippen molar-refractivity contribution in [3.05, 3.63) is 70.8 Å². The van der Waals surface area contributed by atoms with Crippen LogP contribution in [0.2, 0.25) is 0 Å². The van der Waals surface area contributed by atoms with E-state index in [4.69, 9.17) is 0 Å². The lowest BCUT2D eigenvalue weighted by molar-refractivity contribution is -0.139. The van der Waals surface area contributed by atoms with E-state index in [-0.39, 0.29) is 5.56 Å². The zero-order valence-corrected chi connectivity index (χ0v) is 13.6. The highest BCUT2D eigenvalue weighted by Gasteiger charge is 2.55. The van der Waals surface area contributed by atoms with Gasteiger partial charge < -0.3 is 5.32 Å². The minimum Gasteiger partial charge on any atom is -0.319 e. The van der Waals surface area contributed by atoms with Gasteiger partial charge in [-0.25, -0.2) is 4.79 Å². The Hall–Kier alpha value is -2.83. The van der Waals surface area contributed by atoms with Crippen LogP contribution in [-0.2, 0) is 29.5 Å². The minimum atomic E-state index is -4.55. The fourth-order valence-electron chi connectivity index (χ4n) is 3.84. The average molecular weight is 360 g/mol. The van der Waals surface area contributed by atoms with Crippen molar-refractivity contribution in [2.75, 3.05) is 0 Å². The molecule has 7 heteroatoms.